The van der Waals surface area contributed by atoms with E-state index in [1.807, 2.05) is 20.0 Å². The van der Waals surface area contributed by atoms with Crippen LogP contribution in [0, 0.1) is 17.0 Å². The van der Waals surface area contributed by atoms with Crippen molar-refractivity contribution in [1.82, 2.24) is 9.78 Å². The first-order chi connectivity index (χ1) is 8.04. The lowest BCUT2D eigenvalue weighted by Crippen LogP contribution is -1.96. The van der Waals surface area contributed by atoms with Crippen molar-refractivity contribution in [2.75, 3.05) is 5.32 Å². The third-order valence-electron chi connectivity index (χ3n) is 2.26. The van der Waals surface area contributed by atoms with E-state index in [1.54, 1.807) is 16.9 Å². The van der Waals surface area contributed by atoms with Crippen LogP contribution in [-0.2, 0) is 7.05 Å². The van der Waals surface area contributed by atoms with Crippen molar-refractivity contribution in [2.45, 2.75) is 6.92 Å². The summed E-state index contributed by atoms with van der Waals surface area (Å²) < 4.78 is 1.66. The van der Waals surface area contributed by atoms with Crippen LogP contribution in [-0.4, -0.2) is 14.7 Å². The molecule has 2 aromatic rings. The average molecular weight is 232 g/mol. The SMILES string of the molecule is Cc1cc(Nc2ccn(C)n2)cc([N+](=O)[O-])c1. The second-order valence-electron chi connectivity index (χ2n) is 3.81. The summed E-state index contributed by atoms with van der Waals surface area (Å²) in [6.45, 7) is 1.82. The molecule has 1 aromatic heterocycles. The molecule has 2 rings (SSSR count). The van der Waals surface area contributed by atoms with Crippen LogP contribution in [0.4, 0.5) is 17.2 Å². The van der Waals surface area contributed by atoms with Crippen LogP contribution < -0.4 is 5.32 Å². The Morgan fingerprint density at radius 2 is 2.18 bits per heavy atom. The minimum Gasteiger partial charge on any atom is -0.339 e. The second kappa shape index (κ2) is 4.25. The molecule has 0 aliphatic carbocycles. The third-order valence-corrected chi connectivity index (χ3v) is 2.26. The van der Waals surface area contributed by atoms with Gasteiger partial charge < -0.3 is 5.32 Å². The van der Waals surface area contributed by atoms with Crippen LogP contribution in [0.3, 0.4) is 0 Å². The second-order valence-corrected chi connectivity index (χ2v) is 3.81. The first-order valence-corrected chi connectivity index (χ1v) is 5.07. The van der Waals surface area contributed by atoms with Gasteiger partial charge in [0.15, 0.2) is 5.82 Å². The van der Waals surface area contributed by atoms with Gasteiger partial charge in [-0.3, -0.25) is 14.8 Å². The Morgan fingerprint density at radius 1 is 1.41 bits per heavy atom. The number of rotatable bonds is 3. The molecule has 17 heavy (non-hydrogen) atoms. The molecule has 6 nitrogen and oxygen atoms in total. The van der Waals surface area contributed by atoms with Gasteiger partial charge in [-0.25, -0.2) is 0 Å². The van der Waals surface area contributed by atoms with Crippen molar-refractivity contribution in [2.24, 2.45) is 7.05 Å². The number of aryl methyl sites for hydroxylation is 2. The molecule has 0 saturated heterocycles. The number of aromatic nitrogens is 2. The lowest BCUT2D eigenvalue weighted by molar-refractivity contribution is -0.384. The maximum Gasteiger partial charge on any atom is 0.271 e. The van der Waals surface area contributed by atoms with E-state index >= 15 is 0 Å². The molecular weight excluding hydrogens is 220 g/mol. The Bertz CT molecular complexity index is 562. The van der Waals surface area contributed by atoms with Crippen molar-refractivity contribution in [1.29, 1.82) is 0 Å². The molecule has 0 atom stereocenters. The maximum absolute atomic E-state index is 10.7. The summed E-state index contributed by atoms with van der Waals surface area (Å²) in [7, 11) is 1.81. The highest BCUT2D eigenvalue weighted by Gasteiger charge is 2.08. The van der Waals surface area contributed by atoms with Crippen molar-refractivity contribution in [3.63, 3.8) is 0 Å². The van der Waals surface area contributed by atoms with E-state index in [9.17, 15) is 10.1 Å². The number of hydrogen-bond donors (Lipinski definition) is 1. The monoisotopic (exact) mass is 232 g/mol. The van der Waals surface area contributed by atoms with Gasteiger partial charge in [0.2, 0.25) is 0 Å². The number of anilines is 2. The van der Waals surface area contributed by atoms with Gasteiger partial charge in [-0.1, -0.05) is 0 Å². The van der Waals surface area contributed by atoms with Crippen LogP contribution in [0.2, 0.25) is 0 Å². The van der Waals surface area contributed by atoms with E-state index in [0.717, 1.165) is 5.56 Å². The van der Waals surface area contributed by atoms with Gasteiger partial charge in [-0.15, -0.1) is 0 Å². The fourth-order valence-corrected chi connectivity index (χ4v) is 1.57. The average Bonchev–Trinajstić information content (AvgIpc) is 2.63. The Balaban J connectivity index is 2.29. The van der Waals surface area contributed by atoms with E-state index in [4.69, 9.17) is 0 Å². The smallest absolute Gasteiger partial charge is 0.271 e. The predicted molar refractivity (Wildman–Crippen MR) is 64.3 cm³/mol. The molecule has 0 saturated carbocycles. The van der Waals surface area contributed by atoms with Gasteiger partial charge in [0, 0.05) is 37.1 Å². The molecule has 0 spiro atoms. The van der Waals surface area contributed by atoms with Crippen LogP contribution >= 0.6 is 0 Å². The zero-order chi connectivity index (χ0) is 12.4. The molecule has 0 amide bonds. The molecule has 1 aromatic carbocycles. The van der Waals surface area contributed by atoms with E-state index in [0.29, 0.717) is 11.5 Å². The summed E-state index contributed by atoms with van der Waals surface area (Å²) in [4.78, 5) is 10.3. The summed E-state index contributed by atoms with van der Waals surface area (Å²) in [5, 5.41) is 17.9. The topological polar surface area (TPSA) is 73.0 Å². The van der Waals surface area contributed by atoms with E-state index in [2.05, 4.69) is 10.4 Å². The van der Waals surface area contributed by atoms with Crippen LogP contribution in [0.1, 0.15) is 5.56 Å². The zero-order valence-corrected chi connectivity index (χ0v) is 9.54. The highest BCUT2D eigenvalue weighted by molar-refractivity contribution is 5.60. The van der Waals surface area contributed by atoms with E-state index in [1.165, 1.54) is 12.1 Å². The fourth-order valence-electron chi connectivity index (χ4n) is 1.57. The van der Waals surface area contributed by atoms with Gasteiger partial charge in [0.25, 0.3) is 5.69 Å². The summed E-state index contributed by atoms with van der Waals surface area (Å²) >= 11 is 0. The number of benzene rings is 1. The predicted octanol–water partition coefficient (Wildman–Crippen LogP) is 2.38. The largest absolute Gasteiger partial charge is 0.339 e. The summed E-state index contributed by atoms with van der Waals surface area (Å²) in [6.07, 6.45) is 1.80. The highest BCUT2D eigenvalue weighted by atomic mass is 16.6. The number of hydrogen-bond acceptors (Lipinski definition) is 4. The number of non-ortho nitro benzene ring substituents is 1. The molecule has 1 N–H and O–H groups in total. The van der Waals surface area contributed by atoms with E-state index in [-0.39, 0.29) is 5.69 Å². The normalized spacial score (nSPS) is 10.2. The van der Waals surface area contributed by atoms with Gasteiger partial charge in [0.1, 0.15) is 0 Å². The van der Waals surface area contributed by atoms with Crippen molar-refractivity contribution in [3.05, 3.63) is 46.1 Å². The molecule has 88 valence electrons. The molecule has 0 unspecified atom stereocenters. The molecular formula is C11H12N4O2. The molecule has 0 fully saturated rings. The fraction of sp³-hybridized carbons (Fsp3) is 0.182. The van der Waals surface area contributed by atoms with Gasteiger partial charge in [-0.2, -0.15) is 5.10 Å². The standard InChI is InChI=1S/C11H12N4O2/c1-8-5-9(7-10(6-8)15(16)17)12-11-3-4-14(2)13-11/h3-7H,1-2H3,(H,12,13). The summed E-state index contributed by atoms with van der Waals surface area (Å²) in [5.74, 6) is 0.660. The Kier molecular flexibility index (Phi) is 2.78. The lowest BCUT2D eigenvalue weighted by atomic mass is 10.2. The van der Waals surface area contributed by atoms with Crippen LogP contribution in [0.15, 0.2) is 30.5 Å². The molecule has 1 heterocycles. The van der Waals surface area contributed by atoms with E-state index < -0.39 is 4.92 Å². The molecule has 0 aliphatic heterocycles. The van der Waals surface area contributed by atoms with Gasteiger partial charge in [0.05, 0.1) is 4.92 Å². The first kappa shape index (κ1) is 11.1. The minimum atomic E-state index is -0.406. The van der Waals surface area contributed by atoms with Gasteiger partial charge >= 0.3 is 0 Å². The number of nitro groups is 1. The minimum absolute atomic E-state index is 0.0726. The number of nitrogens with zero attached hydrogens (tertiary/aromatic N) is 3. The van der Waals surface area contributed by atoms with Crippen molar-refractivity contribution >= 4 is 17.2 Å². The maximum atomic E-state index is 10.7. The van der Waals surface area contributed by atoms with Crippen molar-refractivity contribution < 1.29 is 4.92 Å². The lowest BCUT2D eigenvalue weighted by Gasteiger charge is -2.04. The zero-order valence-electron chi connectivity index (χ0n) is 9.54. The Morgan fingerprint density at radius 3 is 2.76 bits per heavy atom. The van der Waals surface area contributed by atoms with Gasteiger partial charge in [-0.05, 0) is 18.6 Å². The number of nitrogens with one attached hydrogen (secondary N) is 1. The first-order valence-electron chi connectivity index (χ1n) is 5.07. The Hall–Kier alpha value is -2.37. The Labute approximate surface area is 98.0 Å². The van der Waals surface area contributed by atoms with Crippen LogP contribution in [0.5, 0.6) is 0 Å². The summed E-state index contributed by atoms with van der Waals surface area (Å²) in [5.41, 5.74) is 1.57. The third kappa shape index (κ3) is 2.60. The molecule has 0 aliphatic rings. The molecule has 0 radical (unpaired) electrons. The van der Waals surface area contributed by atoms with Crippen LogP contribution in [0.25, 0.3) is 0 Å². The quantitative estimate of drug-likeness (QED) is 0.651. The number of nitro benzene ring substituents is 1. The molecule has 6 heteroatoms. The summed E-state index contributed by atoms with van der Waals surface area (Å²) in [6, 6.07) is 6.65. The molecule has 0 bridgehead atoms. The van der Waals surface area contributed by atoms with Crippen molar-refractivity contribution in [3.8, 4) is 0 Å². The highest BCUT2D eigenvalue weighted by Crippen LogP contribution is 2.22.